The maximum absolute atomic E-state index is 10.6. The Bertz CT molecular complexity index is 391. The third-order valence-corrected chi connectivity index (χ3v) is 2.84. The zero-order valence-electron chi connectivity index (χ0n) is 11.1. The third-order valence-electron chi connectivity index (χ3n) is 2.84. The van der Waals surface area contributed by atoms with Gasteiger partial charge in [0.05, 0.1) is 14.2 Å². The van der Waals surface area contributed by atoms with Gasteiger partial charge in [-0.15, -0.1) is 0 Å². The number of benzene rings is 1. The van der Waals surface area contributed by atoms with E-state index >= 15 is 0 Å². The number of ether oxygens (including phenoxy) is 2. The second-order valence-corrected chi connectivity index (χ2v) is 4.22. The van der Waals surface area contributed by atoms with Crippen LogP contribution < -0.4 is 15.2 Å². The number of methoxy groups -OCH3 is 2. The molecule has 4 heteroatoms. The Morgan fingerprint density at radius 3 is 2.44 bits per heavy atom. The highest BCUT2D eigenvalue weighted by Gasteiger charge is 2.04. The molecule has 100 valence electrons. The lowest BCUT2D eigenvalue weighted by molar-refractivity contribution is -0.118. The molecule has 18 heavy (non-hydrogen) atoms. The van der Waals surface area contributed by atoms with E-state index in [1.165, 1.54) is 5.56 Å². The maximum atomic E-state index is 10.6. The van der Waals surface area contributed by atoms with Gasteiger partial charge in [-0.1, -0.05) is 12.5 Å². The first kappa shape index (κ1) is 14.4. The van der Waals surface area contributed by atoms with Gasteiger partial charge in [-0.05, 0) is 37.0 Å². The highest BCUT2D eigenvalue weighted by atomic mass is 16.5. The smallest absolute Gasteiger partial charge is 0.217 e. The normalized spacial score (nSPS) is 10.1. The molecular weight excluding hydrogens is 230 g/mol. The summed E-state index contributed by atoms with van der Waals surface area (Å²) in [7, 11) is 3.26. The highest BCUT2D eigenvalue weighted by molar-refractivity contribution is 5.73. The fourth-order valence-electron chi connectivity index (χ4n) is 1.84. The van der Waals surface area contributed by atoms with E-state index in [-0.39, 0.29) is 5.91 Å². The van der Waals surface area contributed by atoms with Gasteiger partial charge in [0.15, 0.2) is 11.5 Å². The molecule has 0 aliphatic rings. The molecule has 0 unspecified atom stereocenters. The number of unbranched alkanes of at least 4 members (excludes halogenated alkanes) is 2. The summed E-state index contributed by atoms with van der Waals surface area (Å²) in [6.45, 7) is 0. The van der Waals surface area contributed by atoms with Crippen LogP contribution in [0.1, 0.15) is 31.2 Å². The zero-order chi connectivity index (χ0) is 13.4. The molecule has 0 saturated carbocycles. The number of aryl methyl sites for hydroxylation is 1. The number of carbonyl (C=O) groups is 1. The quantitative estimate of drug-likeness (QED) is 0.721. The lowest BCUT2D eigenvalue weighted by Gasteiger charge is -2.09. The molecule has 0 aliphatic heterocycles. The van der Waals surface area contributed by atoms with Crippen LogP contribution in [0.2, 0.25) is 0 Å². The van der Waals surface area contributed by atoms with Gasteiger partial charge in [0.25, 0.3) is 0 Å². The summed E-state index contributed by atoms with van der Waals surface area (Å²) in [5.41, 5.74) is 6.30. The number of hydrogen-bond acceptors (Lipinski definition) is 3. The highest BCUT2D eigenvalue weighted by Crippen LogP contribution is 2.28. The molecule has 1 rings (SSSR count). The largest absolute Gasteiger partial charge is 0.493 e. The SMILES string of the molecule is COc1ccc(CCCCCC(N)=O)cc1OC. The van der Waals surface area contributed by atoms with Crippen molar-refractivity contribution in [3.63, 3.8) is 0 Å². The summed E-state index contributed by atoms with van der Waals surface area (Å²) < 4.78 is 10.4. The minimum absolute atomic E-state index is 0.221. The van der Waals surface area contributed by atoms with E-state index in [0.29, 0.717) is 6.42 Å². The molecule has 0 atom stereocenters. The lowest BCUT2D eigenvalue weighted by Crippen LogP contribution is -2.09. The van der Waals surface area contributed by atoms with Crippen molar-refractivity contribution in [2.75, 3.05) is 14.2 Å². The van der Waals surface area contributed by atoms with Crippen molar-refractivity contribution < 1.29 is 14.3 Å². The molecule has 0 saturated heterocycles. The Labute approximate surface area is 108 Å². The van der Waals surface area contributed by atoms with E-state index < -0.39 is 0 Å². The summed E-state index contributed by atoms with van der Waals surface area (Å²) in [6.07, 6.45) is 4.37. The Hall–Kier alpha value is -1.71. The van der Waals surface area contributed by atoms with Crippen LogP contribution in [0.5, 0.6) is 11.5 Å². The monoisotopic (exact) mass is 251 g/mol. The summed E-state index contributed by atoms with van der Waals surface area (Å²) in [5, 5.41) is 0. The fraction of sp³-hybridized carbons (Fsp3) is 0.500. The molecule has 4 nitrogen and oxygen atoms in total. The Kier molecular flexibility index (Phi) is 6.05. The van der Waals surface area contributed by atoms with Gasteiger partial charge < -0.3 is 15.2 Å². The summed E-state index contributed by atoms with van der Waals surface area (Å²) in [4.78, 5) is 10.6. The number of amides is 1. The van der Waals surface area contributed by atoms with Crippen molar-refractivity contribution in [1.82, 2.24) is 0 Å². The van der Waals surface area contributed by atoms with Crippen LogP contribution in [0.4, 0.5) is 0 Å². The van der Waals surface area contributed by atoms with Gasteiger partial charge in [-0.25, -0.2) is 0 Å². The molecule has 0 radical (unpaired) electrons. The van der Waals surface area contributed by atoms with Crippen molar-refractivity contribution in [1.29, 1.82) is 0 Å². The van der Waals surface area contributed by atoms with Crippen molar-refractivity contribution in [2.24, 2.45) is 5.73 Å². The first-order valence-corrected chi connectivity index (χ1v) is 6.16. The number of carbonyl (C=O) groups excluding carboxylic acids is 1. The summed E-state index contributed by atoms with van der Waals surface area (Å²) in [5.74, 6) is 1.28. The predicted octanol–water partition coefficient (Wildman–Crippen LogP) is 2.29. The molecule has 0 aromatic heterocycles. The summed E-state index contributed by atoms with van der Waals surface area (Å²) >= 11 is 0. The third kappa shape index (κ3) is 4.65. The number of primary amides is 1. The van der Waals surface area contributed by atoms with Crippen LogP contribution >= 0.6 is 0 Å². The zero-order valence-corrected chi connectivity index (χ0v) is 11.1. The average molecular weight is 251 g/mol. The molecule has 0 heterocycles. The van der Waals surface area contributed by atoms with Gasteiger partial charge in [-0.2, -0.15) is 0 Å². The molecule has 1 aromatic carbocycles. The van der Waals surface area contributed by atoms with Crippen LogP contribution in [0, 0.1) is 0 Å². The summed E-state index contributed by atoms with van der Waals surface area (Å²) in [6, 6.07) is 5.94. The van der Waals surface area contributed by atoms with Crippen molar-refractivity contribution in [3.05, 3.63) is 23.8 Å². The standard InChI is InChI=1S/C14H21NO3/c1-17-12-9-8-11(10-13(12)18-2)6-4-3-5-7-14(15)16/h8-10H,3-7H2,1-2H3,(H2,15,16). The molecule has 0 spiro atoms. The molecule has 1 amide bonds. The first-order valence-electron chi connectivity index (χ1n) is 6.16. The van der Waals surface area contributed by atoms with Gasteiger partial charge in [0, 0.05) is 6.42 Å². The average Bonchev–Trinajstić information content (AvgIpc) is 2.37. The molecule has 1 aromatic rings. The fourth-order valence-corrected chi connectivity index (χ4v) is 1.84. The van der Waals surface area contributed by atoms with Crippen molar-refractivity contribution in [2.45, 2.75) is 32.1 Å². The first-order chi connectivity index (χ1) is 8.67. The van der Waals surface area contributed by atoms with Crippen molar-refractivity contribution >= 4 is 5.91 Å². The molecule has 0 fully saturated rings. The molecule has 0 aliphatic carbocycles. The van der Waals surface area contributed by atoms with Crippen molar-refractivity contribution in [3.8, 4) is 11.5 Å². The van der Waals surface area contributed by atoms with E-state index in [1.807, 2.05) is 18.2 Å². The van der Waals surface area contributed by atoms with E-state index in [4.69, 9.17) is 15.2 Å². The van der Waals surface area contributed by atoms with Crippen LogP contribution in [0.3, 0.4) is 0 Å². The van der Waals surface area contributed by atoms with Crippen LogP contribution in [0.25, 0.3) is 0 Å². The Morgan fingerprint density at radius 1 is 1.11 bits per heavy atom. The van der Waals surface area contributed by atoms with E-state index in [0.717, 1.165) is 37.2 Å². The minimum Gasteiger partial charge on any atom is -0.493 e. The van der Waals surface area contributed by atoms with E-state index in [1.54, 1.807) is 14.2 Å². The lowest BCUT2D eigenvalue weighted by atomic mass is 10.1. The Morgan fingerprint density at radius 2 is 1.83 bits per heavy atom. The topological polar surface area (TPSA) is 61.5 Å². The van der Waals surface area contributed by atoms with Gasteiger partial charge in [0.2, 0.25) is 5.91 Å². The number of hydrogen-bond donors (Lipinski definition) is 1. The van der Waals surface area contributed by atoms with Crippen LogP contribution in [-0.2, 0) is 11.2 Å². The van der Waals surface area contributed by atoms with Gasteiger partial charge in [-0.3, -0.25) is 4.79 Å². The van der Waals surface area contributed by atoms with E-state index in [2.05, 4.69) is 0 Å². The minimum atomic E-state index is -0.221. The Balaban J connectivity index is 2.40. The van der Waals surface area contributed by atoms with E-state index in [9.17, 15) is 4.79 Å². The van der Waals surface area contributed by atoms with Crippen LogP contribution in [-0.4, -0.2) is 20.1 Å². The second kappa shape index (κ2) is 7.58. The van der Waals surface area contributed by atoms with Crippen LogP contribution in [0.15, 0.2) is 18.2 Å². The second-order valence-electron chi connectivity index (χ2n) is 4.22. The molecule has 0 bridgehead atoms. The number of rotatable bonds is 8. The predicted molar refractivity (Wildman–Crippen MR) is 70.9 cm³/mol. The number of nitrogens with two attached hydrogens (primary N) is 1. The van der Waals surface area contributed by atoms with Gasteiger partial charge in [0.1, 0.15) is 0 Å². The molecule has 2 N–H and O–H groups in total. The molecular formula is C14H21NO3. The van der Waals surface area contributed by atoms with Gasteiger partial charge >= 0.3 is 0 Å². The maximum Gasteiger partial charge on any atom is 0.217 e.